The summed E-state index contributed by atoms with van der Waals surface area (Å²) in [6.45, 7) is 0. The lowest BCUT2D eigenvalue weighted by Gasteiger charge is -2.62. The second kappa shape index (κ2) is 5.20. The van der Waals surface area contributed by atoms with E-state index < -0.39 is 0 Å². The van der Waals surface area contributed by atoms with Crippen molar-refractivity contribution in [2.75, 3.05) is 0 Å². The van der Waals surface area contributed by atoms with Crippen molar-refractivity contribution in [3.05, 3.63) is 39.9 Å². The van der Waals surface area contributed by atoms with E-state index in [-0.39, 0.29) is 33.8 Å². The lowest BCUT2D eigenvalue weighted by molar-refractivity contribution is -0.384. The van der Waals surface area contributed by atoms with Crippen LogP contribution < -0.4 is 5.73 Å². The average molecular weight is 336 g/mol. The Balaban J connectivity index is 0.00000156. The molecule has 2 atom stereocenters. The molecule has 4 saturated carbocycles. The summed E-state index contributed by atoms with van der Waals surface area (Å²) in [5, 5.41) is 19.0. The summed E-state index contributed by atoms with van der Waals surface area (Å²) < 4.78 is 0. The normalized spacial score (nSPS) is 37.2. The molecular weight excluding hydrogens is 314 g/mol. The predicted molar refractivity (Wildman–Crippen MR) is 91.1 cm³/mol. The maximum atomic E-state index is 10.9. The fraction of sp³-hybridized carbons (Fsp3) is 0.588. The number of nitrogens with zero attached hydrogens (tertiary/aromatic N) is 1. The van der Waals surface area contributed by atoms with Gasteiger partial charge in [0.25, 0.3) is 5.69 Å². The number of benzene rings is 1. The molecule has 0 aliphatic heterocycles. The van der Waals surface area contributed by atoms with E-state index in [1.807, 2.05) is 12.1 Å². The third-order valence-electron chi connectivity index (χ3n) is 6.32. The van der Waals surface area contributed by atoms with E-state index in [2.05, 4.69) is 0 Å². The highest BCUT2D eigenvalue weighted by atomic mass is 35.5. The zero-order valence-corrected chi connectivity index (χ0v) is 13.8. The third-order valence-corrected chi connectivity index (χ3v) is 6.32. The van der Waals surface area contributed by atoms with Crippen LogP contribution in [-0.4, -0.2) is 10.8 Å². The molecule has 23 heavy (non-hydrogen) atoms. The molecule has 2 unspecified atom stereocenters. The quantitative estimate of drug-likeness (QED) is 0.381. The lowest BCUT2D eigenvalue weighted by atomic mass is 9.42. The first kappa shape index (κ1) is 16.2. The lowest BCUT2D eigenvalue weighted by Crippen LogP contribution is -2.58. The highest BCUT2D eigenvalue weighted by molar-refractivity contribution is 5.85. The van der Waals surface area contributed by atoms with Crippen LogP contribution in [0.5, 0.6) is 0 Å². The largest absolute Gasteiger partial charge is 0.387 e. The number of hydrogen-bond acceptors (Lipinski definition) is 3. The molecule has 4 aliphatic carbocycles. The fourth-order valence-corrected chi connectivity index (χ4v) is 5.85. The van der Waals surface area contributed by atoms with Crippen molar-refractivity contribution in [3.63, 3.8) is 0 Å². The van der Waals surface area contributed by atoms with Crippen molar-refractivity contribution < 1.29 is 4.92 Å². The van der Waals surface area contributed by atoms with Crippen molar-refractivity contribution in [2.45, 2.75) is 43.9 Å². The molecule has 0 spiro atoms. The molecule has 0 radical (unpaired) electrons. The minimum absolute atomic E-state index is 0. The van der Waals surface area contributed by atoms with Gasteiger partial charge in [0.1, 0.15) is 0 Å². The molecular formula is C17H22ClN3O2. The molecule has 6 heteroatoms. The zero-order chi connectivity index (χ0) is 15.5. The smallest absolute Gasteiger partial charge is 0.269 e. The molecule has 4 fully saturated rings. The Hall–Kier alpha value is -1.62. The van der Waals surface area contributed by atoms with E-state index >= 15 is 0 Å². The third kappa shape index (κ3) is 2.33. The van der Waals surface area contributed by atoms with Gasteiger partial charge < -0.3 is 5.73 Å². The minimum atomic E-state index is -0.347. The van der Waals surface area contributed by atoms with Crippen LogP contribution in [0.1, 0.15) is 44.1 Å². The number of rotatable bonds is 3. The SMILES string of the molecule is Cl.N=C(N)C12CC3CC(C1)CC(c1ccc([N+](=O)[O-])cc1)(C3)C2. The van der Waals surface area contributed by atoms with E-state index in [0.29, 0.717) is 17.7 Å². The zero-order valence-electron chi connectivity index (χ0n) is 13.0. The summed E-state index contributed by atoms with van der Waals surface area (Å²) in [7, 11) is 0. The van der Waals surface area contributed by atoms with E-state index in [1.54, 1.807) is 12.1 Å². The second-order valence-electron chi connectivity index (χ2n) is 7.74. The maximum Gasteiger partial charge on any atom is 0.269 e. The van der Waals surface area contributed by atoms with Gasteiger partial charge in [-0.15, -0.1) is 12.4 Å². The first-order chi connectivity index (χ1) is 10.4. The molecule has 4 aliphatic rings. The number of amidine groups is 1. The molecule has 3 N–H and O–H groups in total. The summed E-state index contributed by atoms with van der Waals surface area (Å²) in [4.78, 5) is 10.5. The monoisotopic (exact) mass is 335 g/mol. The molecule has 1 aromatic carbocycles. The number of hydrogen-bond donors (Lipinski definition) is 2. The van der Waals surface area contributed by atoms with Gasteiger partial charge >= 0.3 is 0 Å². The standard InChI is InChI=1S/C17H21N3O2.ClH/c18-15(19)17-8-11-5-12(9-17)7-16(6-11,10-17)13-1-3-14(4-2-13)20(21)22;/h1-4,11-12H,5-10H2,(H3,18,19);1H. The molecule has 0 amide bonds. The van der Waals surface area contributed by atoms with Crippen LogP contribution in [0.4, 0.5) is 5.69 Å². The number of halogens is 1. The van der Waals surface area contributed by atoms with Gasteiger partial charge in [-0.25, -0.2) is 0 Å². The van der Waals surface area contributed by atoms with Crippen LogP contribution in [0.25, 0.3) is 0 Å². The van der Waals surface area contributed by atoms with Gasteiger partial charge in [0.2, 0.25) is 0 Å². The van der Waals surface area contributed by atoms with Crippen LogP contribution in [0.2, 0.25) is 0 Å². The molecule has 0 aromatic heterocycles. The van der Waals surface area contributed by atoms with Crippen LogP contribution in [0, 0.1) is 32.8 Å². The van der Waals surface area contributed by atoms with Gasteiger partial charge in [0.15, 0.2) is 0 Å². The molecule has 124 valence electrons. The number of nitrogens with one attached hydrogen (secondary N) is 1. The Kier molecular flexibility index (Phi) is 3.67. The Labute approximate surface area is 141 Å². The number of nitro benzene ring substituents is 1. The van der Waals surface area contributed by atoms with Crippen molar-refractivity contribution in [1.82, 2.24) is 0 Å². The predicted octanol–water partition coefficient (Wildman–Crippen LogP) is 3.79. The first-order valence-corrected chi connectivity index (χ1v) is 8.02. The maximum absolute atomic E-state index is 10.9. The summed E-state index contributed by atoms with van der Waals surface area (Å²) in [6.07, 6.45) is 6.64. The first-order valence-electron chi connectivity index (χ1n) is 8.02. The van der Waals surface area contributed by atoms with Crippen LogP contribution in [-0.2, 0) is 5.41 Å². The van der Waals surface area contributed by atoms with Crippen molar-refractivity contribution >= 4 is 23.9 Å². The Bertz CT molecular complexity index is 644. The highest BCUT2D eigenvalue weighted by Crippen LogP contribution is 2.65. The van der Waals surface area contributed by atoms with Gasteiger partial charge in [-0.2, -0.15) is 0 Å². The van der Waals surface area contributed by atoms with E-state index in [4.69, 9.17) is 11.1 Å². The minimum Gasteiger partial charge on any atom is -0.387 e. The van der Waals surface area contributed by atoms with Crippen LogP contribution in [0.15, 0.2) is 24.3 Å². The Morgan fingerprint density at radius 3 is 2.22 bits per heavy atom. The number of non-ortho nitro benzene ring substituents is 1. The average Bonchev–Trinajstić information content (AvgIpc) is 2.46. The van der Waals surface area contributed by atoms with Crippen molar-refractivity contribution in [3.8, 4) is 0 Å². The number of nitro groups is 1. The van der Waals surface area contributed by atoms with E-state index in [1.165, 1.54) is 12.0 Å². The molecule has 4 bridgehead atoms. The molecule has 1 aromatic rings. The highest BCUT2D eigenvalue weighted by Gasteiger charge is 2.59. The summed E-state index contributed by atoms with van der Waals surface area (Å²) in [5.74, 6) is 1.66. The second-order valence-corrected chi connectivity index (χ2v) is 7.74. The van der Waals surface area contributed by atoms with Gasteiger partial charge in [-0.3, -0.25) is 15.5 Å². The topological polar surface area (TPSA) is 93.0 Å². The van der Waals surface area contributed by atoms with Gasteiger partial charge in [-0.05, 0) is 61.3 Å². The van der Waals surface area contributed by atoms with Gasteiger partial charge in [0, 0.05) is 17.5 Å². The van der Waals surface area contributed by atoms with Crippen molar-refractivity contribution in [2.24, 2.45) is 23.0 Å². The number of nitrogens with two attached hydrogens (primary N) is 1. The molecule has 5 rings (SSSR count). The van der Waals surface area contributed by atoms with Gasteiger partial charge in [0.05, 0.1) is 10.8 Å². The molecule has 5 nitrogen and oxygen atoms in total. The van der Waals surface area contributed by atoms with E-state index in [9.17, 15) is 10.1 Å². The van der Waals surface area contributed by atoms with Crippen LogP contribution in [0.3, 0.4) is 0 Å². The molecule has 0 heterocycles. The summed E-state index contributed by atoms with van der Waals surface area (Å²) >= 11 is 0. The van der Waals surface area contributed by atoms with Crippen molar-refractivity contribution in [1.29, 1.82) is 5.41 Å². The Morgan fingerprint density at radius 1 is 1.17 bits per heavy atom. The summed E-state index contributed by atoms with van der Waals surface area (Å²) in [5.41, 5.74) is 7.30. The summed E-state index contributed by atoms with van der Waals surface area (Å²) in [6, 6.07) is 7.10. The molecule has 0 saturated heterocycles. The van der Waals surface area contributed by atoms with E-state index in [0.717, 1.165) is 32.1 Å². The van der Waals surface area contributed by atoms with Crippen LogP contribution >= 0.6 is 12.4 Å². The van der Waals surface area contributed by atoms with Gasteiger partial charge in [-0.1, -0.05) is 12.1 Å². The Morgan fingerprint density at radius 2 is 1.74 bits per heavy atom. The fourth-order valence-electron chi connectivity index (χ4n) is 5.85.